The van der Waals surface area contributed by atoms with Gasteiger partial charge in [-0.15, -0.1) is 0 Å². The number of nitriles is 1. The second-order valence-corrected chi connectivity index (χ2v) is 6.15. The summed E-state index contributed by atoms with van der Waals surface area (Å²) in [7, 11) is 0. The van der Waals surface area contributed by atoms with E-state index in [2.05, 4.69) is 11.0 Å². The Morgan fingerprint density at radius 3 is 2.80 bits per heavy atom. The lowest BCUT2D eigenvalue weighted by Gasteiger charge is -2.36. The topological polar surface area (TPSA) is 56.6 Å². The Morgan fingerprint density at radius 1 is 1.35 bits per heavy atom. The van der Waals surface area contributed by atoms with Crippen LogP contribution < -0.4 is 0 Å². The molecule has 0 aliphatic carbocycles. The highest BCUT2D eigenvalue weighted by Crippen LogP contribution is 2.28. The van der Waals surface area contributed by atoms with Crippen LogP contribution in [0.5, 0.6) is 0 Å². The number of piperidine rings is 1. The molecule has 2 saturated heterocycles. The highest BCUT2D eigenvalue weighted by atomic mass is 16.5. The maximum absolute atomic E-state index is 12.2. The maximum Gasteiger partial charge on any atom is 0.222 e. The number of ether oxygens (including phenoxy) is 1. The smallest absolute Gasteiger partial charge is 0.222 e. The van der Waals surface area contributed by atoms with E-state index in [4.69, 9.17) is 4.74 Å². The van der Waals surface area contributed by atoms with Crippen LogP contribution in [0.4, 0.5) is 0 Å². The molecule has 1 amide bonds. The molecule has 2 heterocycles. The SMILES string of the molecule is C[C@]1(C#N)CCCN(C(=O)CCCN2CCOCC2)C1. The number of amides is 1. The van der Waals surface area contributed by atoms with Crippen molar-refractivity contribution in [3.63, 3.8) is 0 Å². The molecule has 2 aliphatic rings. The summed E-state index contributed by atoms with van der Waals surface area (Å²) in [6.45, 7) is 7.90. The molecule has 0 bridgehead atoms. The van der Waals surface area contributed by atoms with Crippen molar-refractivity contribution in [2.45, 2.75) is 32.6 Å². The summed E-state index contributed by atoms with van der Waals surface area (Å²) in [5, 5.41) is 9.19. The van der Waals surface area contributed by atoms with Gasteiger partial charge in [0.05, 0.1) is 24.7 Å². The first-order valence-electron chi connectivity index (χ1n) is 7.62. The molecule has 0 aromatic carbocycles. The highest BCUT2D eigenvalue weighted by molar-refractivity contribution is 5.76. The Kier molecular flexibility index (Phi) is 5.38. The number of likely N-dealkylation sites (tertiary alicyclic amines) is 1. The summed E-state index contributed by atoms with van der Waals surface area (Å²) in [6.07, 6.45) is 3.35. The van der Waals surface area contributed by atoms with E-state index >= 15 is 0 Å². The quantitative estimate of drug-likeness (QED) is 0.777. The van der Waals surface area contributed by atoms with E-state index in [1.54, 1.807) is 0 Å². The van der Waals surface area contributed by atoms with Crippen LogP contribution >= 0.6 is 0 Å². The van der Waals surface area contributed by atoms with Gasteiger partial charge in [0.25, 0.3) is 0 Å². The average molecular weight is 279 g/mol. The van der Waals surface area contributed by atoms with Crippen LogP contribution in [0.3, 0.4) is 0 Å². The highest BCUT2D eigenvalue weighted by Gasteiger charge is 2.32. The summed E-state index contributed by atoms with van der Waals surface area (Å²) >= 11 is 0. The van der Waals surface area contributed by atoms with Gasteiger partial charge in [0.2, 0.25) is 5.91 Å². The fraction of sp³-hybridized carbons (Fsp3) is 0.867. The van der Waals surface area contributed by atoms with Crippen molar-refractivity contribution in [1.82, 2.24) is 9.80 Å². The summed E-state index contributed by atoms with van der Waals surface area (Å²) in [6, 6.07) is 2.36. The van der Waals surface area contributed by atoms with E-state index in [0.717, 1.165) is 58.7 Å². The first-order valence-corrected chi connectivity index (χ1v) is 7.62. The minimum atomic E-state index is -0.349. The summed E-state index contributed by atoms with van der Waals surface area (Å²) < 4.78 is 5.31. The molecule has 1 atom stereocenters. The van der Waals surface area contributed by atoms with E-state index in [-0.39, 0.29) is 11.3 Å². The van der Waals surface area contributed by atoms with Crippen LogP contribution in [0.1, 0.15) is 32.6 Å². The number of carbonyl (C=O) groups excluding carboxylic acids is 1. The zero-order chi connectivity index (χ0) is 14.4. The Balaban J connectivity index is 1.70. The van der Waals surface area contributed by atoms with Crippen LogP contribution in [0.2, 0.25) is 0 Å². The van der Waals surface area contributed by atoms with Gasteiger partial charge < -0.3 is 9.64 Å². The number of rotatable bonds is 4. The third-order valence-corrected chi connectivity index (χ3v) is 4.29. The van der Waals surface area contributed by atoms with Gasteiger partial charge in [-0.25, -0.2) is 0 Å². The third kappa shape index (κ3) is 4.19. The number of nitrogens with zero attached hydrogens (tertiary/aromatic N) is 3. The lowest BCUT2D eigenvalue weighted by Crippen LogP contribution is -2.44. The maximum atomic E-state index is 12.2. The van der Waals surface area contributed by atoms with Crippen LogP contribution in [-0.2, 0) is 9.53 Å². The minimum absolute atomic E-state index is 0.208. The zero-order valence-electron chi connectivity index (χ0n) is 12.4. The molecular formula is C15H25N3O2. The van der Waals surface area contributed by atoms with Crippen molar-refractivity contribution in [2.24, 2.45) is 5.41 Å². The standard InChI is InChI=1S/C15H25N3O2/c1-15(12-16)5-3-7-18(13-15)14(19)4-2-6-17-8-10-20-11-9-17/h2-11,13H2,1H3/t15-/m1/s1. The van der Waals surface area contributed by atoms with Crippen molar-refractivity contribution in [2.75, 3.05) is 45.9 Å². The molecule has 0 N–H and O–H groups in total. The van der Waals surface area contributed by atoms with Crippen LogP contribution in [-0.4, -0.2) is 61.6 Å². The van der Waals surface area contributed by atoms with E-state index in [1.165, 1.54) is 0 Å². The van der Waals surface area contributed by atoms with E-state index < -0.39 is 0 Å². The van der Waals surface area contributed by atoms with Crippen molar-refractivity contribution in [3.05, 3.63) is 0 Å². The molecule has 0 unspecified atom stereocenters. The fourth-order valence-electron chi connectivity index (χ4n) is 2.98. The van der Waals surface area contributed by atoms with Gasteiger partial charge in [0, 0.05) is 32.6 Å². The van der Waals surface area contributed by atoms with E-state index in [9.17, 15) is 10.1 Å². The van der Waals surface area contributed by atoms with Gasteiger partial charge in [-0.1, -0.05) is 0 Å². The van der Waals surface area contributed by atoms with E-state index in [1.807, 2.05) is 11.8 Å². The van der Waals surface area contributed by atoms with Crippen molar-refractivity contribution in [3.8, 4) is 6.07 Å². The molecule has 0 saturated carbocycles. The van der Waals surface area contributed by atoms with Gasteiger partial charge >= 0.3 is 0 Å². The van der Waals surface area contributed by atoms with Crippen molar-refractivity contribution < 1.29 is 9.53 Å². The van der Waals surface area contributed by atoms with Crippen LogP contribution in [0.25, 0.3) is 0 Å². The van der Waals surface area contributed by atoms with Gasteiger partial charge in [-0.05, 0) is 32.7 Å². The predicted molar refractivity (Wildman–Crippen MR) is 76.0 cm³/mol. The molecule has 112 valence electrons. The summed E-state index contributed by atoms with van der Waals surface area (Å²) in [5.41, 5.74) is -0.349. The molecule has 5 nitrogen and oxygen atoms in total. The van der Waals surface area contributed by atoms with E-state index in [0.29, 0.717) is 13.0 Å². The molecule has 0 radical (unpaired) electrons. The molecule has 0 aromatic heterocycles. The van der Waals surface area contributed by atoms with Gasteiger partial charge in [-0.3, -0.25) is 9.69 Å². The lowest BCUT2D eigenvalue weighted by molar-refractivity contribution is -0.133. The molecule has 5 heteroatoms. The van der Waals surface area contributed by atoms with Crippen LogP contribution in [0.15, 0.2) is 0 Å². The average Bonchev–Trinajstić information content (AvgIpc) is 2.48. The Labute approximate surface area is 121 Å². The molecule has 20 heavy (non-hydrogen) atoms. The number of carbonyl (C=O) groups is 1. The van der Waals surface area contributed by atoms with Crippen molar-refractivity contribution in [1.29, 1.82) is 5.26 Å². The number of hydrogen-bond acceptors (Lipinski definition) is 4. The third-order valence-electron chi connectivity index (χ3n) is 4.29. The molecule has 2 aliphatic heterocycles. The molecule has 0 aromatic rings. The Morgan fingerprint density at radius 2 is 2.10 bits per heavy atom. The van der Waals surface area contributed by atoms with Crippen LogP contribution in [0, 0.1) is 16.7 Å². The summed E-state index contributed by atoms with van der Waals surface area (Å²) in [5.74, 6) is 0.208. The minimum Gasteiger partial charge on any atom is -0.379 e. The normalized spacial score (nSPS) is 28.1. The monoisotopic (exact) mass is 279 g/mol. The largest absolute Gasteiger partial charge is 0.379 e. The van der Waals surface area contributed by atoms with Gasteiger partial charge in [-0.2, -0.15) is 5.26 Å². The molecule has 0 spiro atoms. The molecule has 2 fully saturated rings. The lowest BCUT2D eigenvalue weighted by atomic mass is 9.83. The number of hydrogen-bond donors (Lipinski definition) is 0. The molecule has 2 rings (SSSR count). The fourth-order valence-corrected chi connectivity index (χ4v) is 2.98. The Hall–Kier alpha value is -1.12. The first-order chi connectivity index (χ1) is 9.63. The first kappa shape index (κ1) is 15.3. The second-order valence-electron chi connectivity index (χ2n) is 6.15. The van der Waals surface area contributed by atoms with Crippen molar-refractivity contribution >= 4 is 5.91 Å². The zero-order valence-corrected chi connectivity index (χ0v) is 12.4. The number of morpholine rings is 1. The second kappa shape index (κ2) is 7.05. The van der Waals surface area contributed by atoms with Gasteiger partial charge in [0.1, 0.15) is 0 Å². The van der Waals surface area contributed by atoms with Gasteiger partial charge in [0.15, 0.2) is 0 Å². The molecular weight excluding hydrogens is 254 g/mol. The Bertz CT molecular complexity index is 374. The predicted octanol–water partition coefficient (Wildman–Crippen LogP) is 1.25. The summed E-state index contributed by atoms with van der Waals surface area (Å²) in [4.78, 5) is 16.5.